The molecule has 0 radical (unpaired) electrons. The van der Waals surface area contributed by atoms with Gasteiger partial charge in [-0.15, -0.1) is 0 Å². The van der Waals surface area contributed by atoms with E-state index < -0.39 is 0 Å². The number of nitrogens with zero attached hydrogens (tertiary/aromatic N) is 1. The van der Waals surface area contributed by atoms with Gasteiger partial charge in [0.1, 0.15) is 6.61 Å². The molecule has 1 aliphatic heterocycles. The number of carbonyl (C=O) groups is 1. The van der Waals surface area contributed by atoms with E-state index in [1.807, 2.05) is 30.3 Å². The highest BCUT2D eigenvalue weighted by molar-refractivity contribution is 5.68. The van der Waals surface area contributed by atoms with Crippen molar-refractivity contribution in [3.8, 4) is 0 Å². The van der Waals surface area contributed by atoms with Crippen molar-refractivity contribution < 1.29 is 14.6 Å². The largest absolute Gasteiger partial charge is 0.445 e. The van der Waals surface area contributed by atoms with Crippen molar-refractivity contribution in [3.63, 3.8) is 0 Å². The zero-order valence-electron chi connectivity index (χ0n) is 11.6. The molecule has 3 rings (SSSR count). The summed E-state index contributed by atoms with van der Waals surface area (Å²) in [5.74, 6) is 0. The van der Waals surface area contributed by atoms with E-state index in [0.717, 1.165) is 24.9 Å². The minimum absolute atomic E-state index is 0.0243. The molecule has 1 unspecified atom stereocenters. The van der Waals surface area contributed by atoms with Crippen LogP contribution in [0.25, 0.3) is 0 Å². The maximum absolute atomic E-state index is 12.2. The normalized spacial score (nSPS) is 23.6. The molecule has 0 bridgehead atoms. The van der Waals surface area contributed by atoms with E-state index in [1.165, 1.54) is 12.8 Å². The van der Waals surface area contributed by atoms with Crippen LogP contribution in [0.3, 0.4) is 0 Å². The molecule has 1 spiro atoms. The van der Waals surface area contributed by atoms with Crippen molar-refractivity contribution >= 4 is 6.09 Å². The minimum Gasteiger partial charge on any atom is -0.445 e. The fourth-order valence-corrected chi connectivity index (χ4v) is 2.99. The summed E-state index contributed by atoms with van der Waals surface area (Å²) in [5.41, 5.74) is 1.32. The Kier molecular flexibility index (Phi) is 3.66. The van der Waals surface area contributed by atoms with Crippen LogP contribution in [0.5, 0.6) is 0 Å². The summed E-state index contributed by atoms with van der Waals surface area (Å²) in [6, 6.07) is 9.60. The van der Waals surface area contributed by atoms with Crippen molar-refractivity contribution in [2.24, 2.45) is 5.41 Å². The smallest absolute Gasteiger partial charge is 0.410 e. The topological polar surface area (TPSA) is 49.8 Å². The first kappa shape index (κ1) is 13.4. The predicted molar refractivity (Wildman–Crippen MR) is 75.1 cm³/mol. The second-order valence-corrected chi connectivity index (χ2v) is 6.04. The van der Waals surface area contributed by atoms with Gasteiger partial charge in [-0.2, -0.15) is 0 Å². The standard InChI is InChI=1S/C16H21NO3/c18-10-14-6-7-16(8-9-16)12-17(14)15(19)20-11-13-4-2-1-3-5-13/h1-5,14,18H,6-12H2. The van der Waals surface area contributed by atoms with Crippen molar-refractivity contribution in [2.75, 3.05) is 13.2 Å². The van der Waals surface area contributed by atoms with Crippen molar-refractivity contribution in [3.05, 3.63) is 35.9 Å². The Morgan fingerprint density at radius 3 is 2.70 bits per heavy atom. The average Bonchev–Trinajstić information content (AvgIpc) is 3.25. The van der Waals surface area contributed by atoms with Crippen molar-refractivity contribution in [2.45, 2.75) is 38.3 Å². The average molecular weight is 275 g/mol. The summed E-state index contributed by atoms with van der Waals surface area (Å²) in [5, 5.41) is 9.44. The highest BCUT2D eigenvalue weighted by Gasteiger charge is 2.49. The number of aliphatic hydroxyl groups excluding tert-OH is 1. The second-order valence-electron chi connectivity index (χ2n) is 6.04. The molecule has 1 amide bonds. The number of likely N-dealkylation sites (tertiary alicyclic amines) is 1. The third-order valence-electron chi connectivity index (χ3n) is 4.56. The zero-order chi connectivity index (χ0) is 14.0. The van der Waals surface area contributed by atoms with Crippen molar-refractivity contribution in [1.29, 1.82) is 0 Å². The molecule has 2 aliphatic rings. The molecule has 1 N–H and O–H groups in total. The first-order chi connectivity index (χ1) is 9.72. The van der Waals surface area contributed by atoms with Gasteiger partial charge in [-0.05, 0) is 36.7 Å². The van der Waals surface area contributed by atoms with E-state index >= 15 is 0 Å². The Balaban J connectivity index is 1.59. The van der Waals surface area contributed by atoms with Gasteiger partial charge in [-0.3, -0.25) is 0 Å². The van der Waals surface area contributed by atoms with Gasteiger partial charge in [0.25, 0.3) is 0 Å². The molecule has 1 saturated heterocycles. The fourth-order valence-electron chi connectivity index (χ4n) is 2.99. The van der Waals surface area contributed by atoms with E-state index in [4.69, 9.17) is 4.74 Å². The third kappa shape index (κ3) is 2.80. The Morgan fingerprint density at radius 1 is 1.30 bits per heavy atom. The molecule has 1 atom stereocenters. The van der Waals surface area contributed by atoms with E-state index in [9.17, 15) is 9.90 Å². The quantitative estimate of drug-likeness (QED) is 0.922. The van der Waals surface area contributed by atoms with Gasteiger partial charge in [0.15, 0.2) is 0 Å². The van der Waals surface area contributed by atoms with Crippen LogP contribution in [-0.4, -0.2) is 35.3 Å². The number of amides is 1. The number of ether oxygens (including phenoxy) is 1. The maximum atomic E-state index is 12.2. The van der Waals surface area contributed by atoms with Crippen LogP contribution in [-0.2, 0) is 11.3 Å². The molecule has 2 fully saturated rings. The summed E-state index contributed by atoms with van der Waals surface area (Å²) in [6.07, 6.45) is 4.12. The number of piperidine rings is 1. The fraction of sp³-hybridized carbons (Fsp3) is 0.562. The molecule has 1 aromatic rings. The molecule has 4 nitrogen and oxygen atoms in total. The maximum Gasteiger partial charge on any atom is 0.410 e. The second kappa shape index (κ2) is 5.44. The van der Waals surface area contributed by atoms with Crippen LogP contribution in [0.15, 0.2) is 30.3 Å². The Bertz CT molecular complexity index is 470. The predicted octanol–water partition coefficient (Wildman–Crippen LogP) is 2.56. The number of hydrogen-bond acceptors (Lipinski definition) is 3. The van der Waals surface area contributed by atoms with Gasteiger partial charge in [0.2, 0.25) is 0 Å². The molecule has 1 heterocycles. The van der Waals surface area contributed by atoms with Crippen LogP contribution in [0.2, 0.25) is 0 Å². The molecule has 108 valence electrons. The highest BCUT2D eigenvalue weighted by atomic mass is 16.6. The van der Waals surface area contributed by atoms with E-state index in [0.29, 0.717) is 12.0 Å². The molecule has 1 aliphatic carbocycles. The zero-order valence-corrected chi connectivity index (χ0v) is 11.6. The van der Waals surface area contributed by atoms with Gasteiger partial charge >= 0.3 is 6.09 Å². The summed E-state index contributed by atoms with van der Waals surface area (Å²) in [6.45, 7) is 1.06. The lowest BCUT2D eigenvalue weighted by atomic mass is 9.91. The summed E-state index contributed by atoms with van der Waals surface area (Å²) >= 11 is 0. The van der Waals surface area contributed by atoms with Gasteiger partial charge in [0.05, 0.1) is 12.6 Å². The number of aliphatic hydroxyl groups is 1. The van der Waals surface area contributed by atoms with Crippen molar-refractivity contribution in [1.82, 2.24) is 4.90 Å². The Morgan fingerprint density at radius 2 is 2.05 bits per heavy atom. The van der Waals surface area contributed by atoms with Gasteiger partial charge in [0, 0.05) is 6.54 Å². The van der Waals surface area contributed by atoms with Crippen LogP contribution in [0, 0.1) is 5.41 Å². The van der Waals surface area contributed by atoms with Crippen LogP contribution in [0.1, 0.15) is 31.2 Å². The molecule has 0 aromatic heterocycles. The lowest BCUT2D eigenvalue weighted by Gasteiger charge is -2.38. The number of rotatable bonds is 3. The highest BCUT2D eigenvalue weighted by Crippen LogP contribution is 2.53. The molecule has 4 heteroatoms. The molecule has 20 heavy (non-hydrogen) atoms. The lowest BCUT2D eigenvalue weighted by molar-refractivity contribution is 0.0310. The molecular formula is C16H21NO3. The van der Waals surface area contributed by atoms with Gasteiger partial charge in [-0.25, -0.2) is 4.79 Å². The van der Waals surface area contributed by atoms with Crippen LogP contribution in [0.4, 0.5) is 4.79 Å². The van der Waals surface area contributed by atoms with E-state index in [2.05, 4.69) is 0 Å². The summed E-state index contributed by atoms with van der Waals surface area (Å²) in [4.78, 5) is 14.0. The first-order valence-electron chi connectivity index (χ1n) is 7.31. The Labute approximate surface area is 119 Å². The first-order valence-corrected chi connectivity index (χ1v) is 7.31. The van der Waals surface area contributed by atoms with Gasteiger partial charge < -0.3 is 14.7 Å². The molecule has 1 aromatic carbocycles. The monoisotopic (exact) mass is 275 g/mol. The number of benzene rings is 1. The van der Waals surface area contributed by atoms with E-state index in [-0.39, 0.29) is 18.7 Å². The molecule has 1 saturated carbocycles. The van der Waals surface area contributed by atoms with Crippen LogP contribution >= 0.6 is 0 Å². The summed E-state index contributed by atoms with van der Waals surface area (Å²) in [7, 11) is 0. The summed E-state index contributed by atoms with van der Waals surface area (Å²) < 4.78 is 5.40. The van der Waals surface area contributed by atoms with Gasteiger partial charge in [-0.1, -0.05) is 30.3 Å². The third-order valence-corrected chi connectivity index (χ3v) is 4.56. The Hall–Kier alpha value is -1.55. The molecular weight excluding hydrogens is 254 g/mol. The minimum atomic E-state index is -0.293. The van der Waals surface area contributed by atoms with E-state index in [1.54, 1.807) is 4.90 Å². The van der Waals surface area contributed by atoms with Crippen LogP contribution < -0.4 is 0 Å². The lowest BCUT2D eigenvalue weighted by Crippen LogP contribution is -2.49. The number of hydrogen-bond donors (Lipinski definition) is 1. The number of carbonyl (C=O) groups excluding carboxylic acids is 1. The SMILES string of the molecule is O=C(OCc1ccccc1)N1CC2(CCC1CO)CC2.